The van der Waals surface area contributed by atoms with Crippen molar-refractivity contribution in [3.8, 4) is 0 Å². The van der Waals surface area contributed by atoms with Gasteiger partial charge in [0.1, 0.15) is 0 Å². The zero-order valence-corrected chi connectivity index (χ0v) is 11.5. The van der Waals surface area contributed by atoms with Gasteiger partial charge in [0.05, 0.1) is 19.6 Å². The van der Waals surface area contributed by atoms with Gasteiger partial charge in [0.2, 0.25) is 5.91 Å². The van der Waals surface area contributed by atoms with Crippen LogP contribution in [0.2, 0.25) is 0 Å². The van der Waals surface area contributed by atoms with Crippen molar-refractivity contribution in [2.45, 2.75) is 6.42 Å². The summed E-state index contributed by atoms with van der Waals surface area (Å²) in [7, 11) is 1.88. The van der Waals surface area contributed by atoms with Gasteiger partial charge in [-0.2, -0.15) is 0 Å². The van der Waals surface area contributed by atoms with Crippen LogP contribution in [0.5, 0.6) is 0 Å². The minimum absolute atomic E-state index is 0.180. The normalized spacial score (nSPS) is 16.3. The SMILES string of the molecule is CN(CCN1CCOCC1)C(=O)Cc1ccccc1. The van der Waals surface area contributed by atoms with Gasteiger partial charge < -0.3 is 9.64 Å². The van der Waals surface area contributed by atoms with E-state index in [1.165, 1.54) is 0 Å². The Hall–Kier alpha value is -1.39. The third-order valence-electron chi connectivity index (χ3n) is 3.48. The van der Waals surface area contributed by atoms with Gasteiger partial charge in [-0.25, -0.2) is 0 Å². The molecular weight excluding hydrogens is 240 g/mol. The summed E-state index contributed by atoms with van der Waals surface area (Å²) in [5.74, 6) is 0.180. The van der Waals surface area contributed by atoms with Crippen LogP contribution in [0.4, 0.5) is 0 Å². The Labute approximate surface area is 115 Å². The van der Waals surface area contributed by atoms with E-state index < -0.39 is 0 Å². The molecule has 0 saturated carbocycles. The molecule has 0 radical (unpaired) electrons. The van der Waals surface area contributed by atoms with Gasteiger partial charge in [-0.1, -0.05) is 30.3 Å². The minimum atomic E-state index is 0.180. The number of nitrogens with zero attached hydrogens (tertiary/aromatic N) is 2. The third-order valence-corrected chi connectivity index (χ3v) is 3.48. The highest BCUT2D eigenvalue weighted by Crippen LogP contribution is 2.03. The molecule has 4 heteroatoms. The number of ether oxygens (including phenoxy) is 1. The van der Waals surface area contributed by atoms with Crippen molar-refractivity contribution in [2.24, 2.45) is 0 Å². The lowest BCUT2D eigenvalue weighted by molar-refractivity contribution is -0.129. The molecule has 1 aromatic rings. The van der Waals surface area contributed by atoms with E-state index in [1.807, 2.05) is 42.3 Å². The van der Waals surface area contributed by atoms with Gasteiger partial charge in [-0.3, -0.25) is 9.69 Å². The summed E-state index contributed by atoms with van der Waals surface area (Å²) >= 11 is 0. The Bertz CT molecular complexity index is 388. The molecule has 1 aliphatic heterocycles. The standard InChI is InChI=1S/C15H22N2O2/c1-16(7-8-17-9-11-19-12-10-17)15(18)13-14-5-3-2-4-6-14/h2-6H,7-13H2,1H3. The van der Waals surface area contributed by atoms with Gasteiger partial charge in [-0.15, -0.1) is 0 Å². The molecule has 0 N–H and O–H groups in total. The molecule has 2 rings (SSSR count). The minimum Gasteiger partial charge on any atom is -0.379 e. The van der Waals surface area contributed by atoms with Crippen LogP contribution in [0.1, 0.15) is 5.56 Å². The number of morpholine rings is 1. The van der Waals surface area contributed by atoms with E-state index in [2.05, 4.69) is 4.90 Å². The zero-order chi connectivity index (χ0) is 13.5. The van der Waals surface area contributed by atoms with Crippen LogP contribution in [0, 0.1) is 0 Å². The van der Waals surface area contributed by atoms with Crippen LogP contribution in [-0.2, 0) is 16.0 Å². The van der Waals surface area contributed by atoms with E-state index >= 15 is 0 Å². The molecule has 1 aromatic carbocycles. The fourth-order valence-electron chi connectivity index (χ4n) is 2.15. The second-order valence-electron chi connectivity index (χ2n) is 4.93. The summed E-state index contributed by atoms with van der Waals surface area (Å²) in [6.45, 7) is 5.27. The van der Waals surface area contributed by atoms with Crippen LogP contribution < -0.4 is 0 Å². The van der Waals surface area contributed by atoms with Crippen molar-refractivity contribution in [3.63, 3.8) is 0 Å². The molecule has 0 aromatic heterocycles. The van der Waals surface area contributed by atoms with E-state index in [9.17, 15) is 4.79 Å². The number of likely N-dealkylation sites (N-methyl/N-ethyl adjacent to an activating group) is 1. The van der Waals surface area contributed by atoms with Gasteiger partial charge in [-0.05, 0) is 5.56 Å². The van der Waals surface area contributed by atoms with E-state index in [0.717, 1.165) is 45.0 Å². The highest BCUT2D eigenvalue weighted by molar-refractivity contribution is 5.78. The van der Waals surface area contributed by atoms with Crippen molar-refractivity contribution in [2.75, 3.05) is 46.4 Å². The van der Waals surface area contributed by atoms with E-state index in [1.54, 1.807) is 0 Å². The largest absolute Gasteiger partial charge is 0.379 e. The van der Waals surface area contributed by atoms with Gasteiger partial charge in [0.15, 0.2) is 0 Å². The Kier molecular flexibility index (Phi) is 5.36. The number of carbonyl (C=O) groups is 1. The monoisotopic (exact) mass is 262 g/mol. The van der Waals surface area contributed by atoms with Crippen LogP contribution in [0.3, 0.4) is 0 Å². The molecule has 4 nitrogen and oxygen atoms in total. The maximum Gasteiger partial charge on any atom is 0.226 e. The molecule has 0 aliphatic carbocycles. The average molecular weight is 262 g/mol. The van der Waals surface area contributed by atoms with Crippen LogP contribution >= 0.6 is 0 Å². The summed E-state index contributed by atoms with van der Waals surface area (Å²) in [4.78, 5) is 16.2. The maximum absolute atomic E-state index is 12.1. The summed E-state index contributed by atoms with van der Waals surface area (Å²) in [5, 5.41) is 0. The Balaban J connectivity index is 1.73. The van der Waals surface area contributed by atoms with E-state index in [-0.39, 0.29) is 5.91 Å². The number of rotatable bonds is 5. The van der Waals surface area contributed by atoms with Crippen LogP contribution in [-0.4, -0.2) is 62.1 Å². The van der Waals surface area contributed by atoms with Crippen LogP contribution in [0.25, 0.3) is 0 Å². The number of hydrogen-bond donors (Lipinski definition) is 0. The Morgan fingerprint density at radius 2 is 1.95 bits per heavy atom. The van der Waals surface area contributed by atoms with Crippen molar-refractivity contribution >= 4 is 5.91 Å². The zero-order valence-electron chi connectivity index (χ0n) is 11.5. The molecular formula is C15H22N2O2. The van der Waals surface area contributed by atoms with Gasteiger partial charge in [0.25, 0.3) is 0 Å². The first-order chi connectivity index (χ1) is 9.25. The first-order valence-corrected chi connectivity index (χ1v) is 6.83. The maximum atomic E-state index is 12.1. The second kappa shape index (κ2) is 7.26. The fraction of sp³-hybridized carbons (Fsp3) is 0.533. The first-order valence-electron chi connectivity index (χ1n) is 6.83. The predicted molar refractivity (Wildman–Crippen MR) is 75.0 cm³/mol. The Morgan fingerprint density at radius 1 is 1.26 bits per heavy atom. The highest BCUT2D eigenvalue weighted by atomic mass is 16.5. The molecule has 1 saturated heterocycles. The molecule has 0 bridgehead atoms. The highest BCUT2D eigenvalue weighted by Gasteiger charge is 2.13. The van der Waals surface area contributed by atoms with Crippen molar-refractivity contribution < 1.29 is 9.53 Å². The van der Waals surface area contributed by atoms with Crippen molar-refractivity contribution in [3.05, 3.63) is 35.9 Å². The molecule has 104 valence electrons. The quantitative estimate of drug-likeness (QED) is 0.794. The van der Waals surface area contributed by atoms with Crippen LogP contribution in [0.15, 0.2) is 30.3 Å². The molecule has 1 aliphatic rings. The topological polar surface area (TPSA) is 32.8 Å². The summed E-state index contributed by atoms with van der Waals surface area (Å²) in [5.41, 5.74) is 1.07. The van der Waals surface area contributed by atoms with Crippen molar-refractivity contribution in [1.82, 2.24) is 9.80 Å². The molecule has 1 fully saturated rings. The molecule has 0 spiro atoms. The second-order valence-corrected chi connectivity index (χ2v) is 4.93. The Morgan fingerprint density at radius 3 is 2.63 bits per heavy atom. The average Bonchev–Trinajstić information content (AvgIpc) is 2.47. The third kappa shape index (κ3) is 4.65. The summed E-state index contributed by atoms with van der Waals surface area (Å²) in [6, 6.07) is 9.89. The van der Waals surface area contributed by atoms with Crippen molar-refractivity contribution in [1.29, 1.82) is 0 Å². The lowest BCUT2D eigenvalue weighted by Gasteiger charge is -2.28. The molecule has 0 atom stereocenters. The first kappa shape index (κ1) is 14.0. The predicted octanol–water partition coefficient (Wildman–Crippen LogP) is 1.02. The van der Waals surface area contributed by atoms with Gasteiger partial charge >= 0.3 is 0 Å². The number of carbonyl (C=O) groups excluding carboxylic acids is 1. The fourth-order valence-corrected chi connectivity index (χ4v) is 2.15. The molecule has 19 heavy (non-hydrogen) atoms. The molecule has 1 amide bonds. The summed E-state index contributed by atoms with van der Waals surface area (Å²) < 4.78 is 5.31. The smallest absolute Gasteiger partial charge is 0.226 e. The summed E-state index contributed by atoms with van der Waals surface area (Å²) in [6.07, 6.45) is 0.487. The molecule has 0 unspecified atom stereocenters. The van der Waals surface area contributed by atoms with E-state index in [0.29, 0.717) is 6.42 Å². The lowest BCUT2D eigenvalue weighted by atomic mass is 10.1. The lowest BCUT2D eigenvalue weighted by Crippen LogP contribution is -2.42. The number of amides is 1. The number of benzene rings is 1. The number of hydrogen-bond acceptors (Lipinski definition) is 3. The van der Waals surface area contributed by atoms with E-state index in [4.69, 9.17) is 4.74 Å². The molecule has 1 heterocycles. The van der Waals surface area contributed by atoms with Gasteiger partial charge in [0, 0.05) is 33.2 Å².